The third kappa shape index (κ3) is 3.84. The molecule has 7 aromatic carbocycles. The van der Waals surface area contributed by atoms with Crippen molar-refractivity contribution in [2.75, 3.05) is 7.05 Å². The average molecular weight is 579 g/mol. The Labute approximate surface area is 253 Å². The Morgan fingerprint density at radius 2 is 0.795 bits per heavy atom. The molecular weight excluding hydrogens is 551 g/mol. The van der Waals surface area contributed by atoms with E-state index in [1.165, 1.54) is 40.3 Å². The fourth-order valence-electron chi connectivity index (χ4n) is 7.09. The number of benzene rings is 7. The highest BCUT2D eigenvalue weighted by atomic mass is 19.4. The molecule has 7 aromatic rings. The van der Waals surface area contributed by atoms with E-state index < -0.39 is 11.7 Å². The largest absolute Gasteiger partial charge is 0.416 e. The number of hydrogen-bond donors (Lipinski definition) is 0. The van der Waals surface area contributed by atoms with Crippen LogP contribution in [0.15, 0.2) is 146 Å². The predicted octanol–water partition coefficient (Wildman–Crippen LogP) is 11.9. The van der Waals surface area contributed by atoms with Gasteiger partial charge in [-0.3, -0.25) is 0 Å². The number of quaternary nitrogens is 1. The first kappa shape index (κ1) is 26.4. The minimum Gasteiger partial charge on any atom is -0.228 e. The van der Waals surface area contributed by atoms with Crippen molar-refractivity contribution < 1.29 is 13.2 Å². The van der Waals surface area contributed by atoms with Gasteiger partial charge < -0.3 is 0 Å². The molecule has 1 aliphatic rings. The van der Waals surface area contributed by atoms with Crippen LogP contribution in [0, 0.1) is 0 Å². The molecule has 0 aliphatic carbocycles. The molecule has 0 unspecified atom stereocenters. The molecule has 0 radical (unpaired) electrons. The summed E-state index contributed by atoms with van der Waals surface area (Å²) < 4.78 is 40.7. The van der Waals surface area contributed by atoms with E-state index in [9.17, 15) is 13.2 Å². The quantitative estimate of drug-likeness (QED) is 0.145. The summed E-state index contributed by atoms with van der Waals surface area (Å²) in [6, 6.07) is 48.0. The fraction of sp³-hybridized carbons (Fsp3) is 0.0500. The van der Waals surface area contributed by atoms with Gasteiger partial charge in [0.15, 0.2) is 11.4 Å². The van der Waals surface area contributed by atoms with Crippen LogP contribution in [-0.4, -0.2) is 7.05 Å². The number of para-hydroxylation sites is 2. The predicted molar refractivity (Wildman–Crippen MR) is 176 cm³/mol. The van der Waals surface area contributed by atoms with Gasteiger partial charge in [-0.2, -0.15) is 13.2 Å². The van der Waals surface area contributed by atoms with E-state index in [1.807, 2.05) is 24.3 Å². The van der Waals surface area contributed by atoms with Crippen LogP contribution < -0.4 is 4.48 Å². The third-order valence-electron chi connectivity index (χ3n) is 9.17. The minimum atomic E-state index is -4.38. The van der Waals surface area contributed by atoms with Crippen LogP contribution >= 0.6 is 0 Å². The van der Waals surface area contributed by atoms with Crippen LogP contribution in [0.2, 0.25) is 0 Å². The lowest BCUT2D eigenvalue weighted by Gasteiger charge is -2.30. The molecule has 0 N–H and O–H groups in total. The molecule has 0 saturated heterocycles. The highest BCUT2D eigenvalue weighted by Gasteiger charge is 2.42. The van der Waals surface area contributed by atoms with Crippen LogP contribution in [-0.2, 0) is 6.18 Å². The van der Waals surface area contributed by atoms with Gasteiger partial charge in [-0.25, -0.2) is 4.48 Å². The number of rotatable bonds is 3. The maximum Gasteiger partial charge on any atom is 0.416 e. The molecule has 1 aliphatic heterocycles. The molecule has 4 heteroatoms. The van der Waals surface area contributed by atoms with Crippen molar-refractivity contribution in [1.29, 1.82) is 0 Å². The Morgan fingerprint density at radius 1 is 0.432 bits per heavy atom. The topological polar surface area (TPSA) is 0 Å². The summed E-state index contributed by atoms with van der Waals surface area (Å²) in [5.74, 6) is 0. The number of fused-ring (bicyclic) bond motifs is 5. The van der Waals surface area contributed by atoms with Crippen molar-refractivity contribution in [3.63, 3.8) is 0 Å². The second-order valence-electron chi connectivity index (χ2n) is 11.5. The van der Waals surface area contributed by atoms with Crippen LogP contribution in [0.3, 0.4) is 0 Å². The van der Waals surface area contributed by atoms with Gasteiger partial charge in [-0.1, -0.05) is 84.9 Å². The van der Waals surface area contributed by atoms with Crippen LogP contribution in [0.5, 0.6) is 0 Å². The SMILES string of the molecule is C[N+]1(c2ccc(-c3c4ccccc4c(-c4ccc(C(F)(F)F)cc4)c4ccccc34)cc2)c2ccccc2-c2ccccc21. The van der Waals surface area contributed by atoms with Crippen molar-refractivity contribution in [2.45, 2.75) is 6.18 Å². The van der Waals surface area contributed by atoms with Crippen LogP contribution in [0.4, 0.5) is 30.2 Å². The van der Waals surface area contributed by atoms with E-state index in [-0.39, 0.29) is 0 Å². The zero-order valence-electron chi connectivity index (χ0n) is 23.9. The molecule has 8 rings (SSSR count). The molecule has 0 bridgehead atoms. The van der Waals surface area contributed by atoms with Crippen LogP contribution in [0.25, 0.3) is 54.9 Å². The lowest BCUT2D eigenvalue weighted by molar-refractivity contribution is -0.137. The van der Waals surface area contributed by atoms with Crippen molar-refractivity contribution >= 4 is 38.6 Å². The standard InChI is InChI=1S/C40H27F3N/c1-44(36-16-8-6-10-30(36)31-11-7-9-17-37(31)44)29-24-20-27(21-25-29)39-34-14-4-2-12-32(34)38(33-13-3-5-15-35(33)39)26-18-22-28(23-19-26)40(41,42)43/h2-25H,1H3/q+1. The smallest absolute Gasteiger partial charge is 0.228 e. The molecular formula is C40H27F3N+. The first-order valence-corrected chi connectivity index (χ1v) is 14.6. The Morgan fingerprint density at radius 3 is 1.20 bits per heavy atom. The summed E-state index contributed by atoms with van der Waals surface area (Å²) >= 11 is 0. The second kappa shape index (κ2) is 9.66. The summed E-state index contributed by atoms with van der Waals surface area (Å²) in [7, 11) is 2.25. The summed E-state index contributed by atoms with van der Waals surface area (Å²) in [6.07, 6.45) is -4.38. The fourth-order valence-corrected chi connectivity index (χ4v) is 7.09. The number of alkyl halides is 3. The highest BCUT2D eigenvalue weighted by molar-refractivity contribution is 6.21. The monoisotopic (exact) mass is 578 g/mol. The molecule has 44 heavy (non-hydrogen) atoms. The second-order valence-corrected chi connectivity index (χ2v) is 11.5. The van der Waals surface area contributed by atoms with Gasteiger partial charge in [-0.15, -0.1) is 0 Å². The van der Waals surface area contributed by atoms with Gasteiger partial charge in [-0.05, 0) is 80.2 Å². The van der Waals surface area contributed by atoms with Gasteiger partial charge >= 0.3 is 6.18 Å². The molecule has 0 fully saturated rings. The van der Waals surface area contributed by atoms with Crippen LogP contribution in [0.1, 0.15) is 5.56 Å². The normalized spacial score (nSPS) is 13.6. The lowest BCUT2D eigenvalue weighted by Crippen LogP contribution is -2.31. The van der Waals surface area contributed by atoms with Crippen molar-refractivity contribution in [3.05, 3.63) is 151 Å². The molecule has 0 spiro atoms. The number of halogens is 3. The van der Waals surface area contributed by atoms with Gasteiger partial charge in [0.2, 0.25) is 0 Å². The van der Waals surface area contributed by atoms with Crippen molar-refractivity contribution in [1.82, 2.24) is 4.48 Å². The van der Waals surface area contributed by atoms with E-state index in [0.717, 1.165) is 43.8 Å². The minimum absolute atomic E-state index is 0.584. The van der Waals surface area contributed by atoms with Gasteiger partial charge in [0.1, 0.15) is 5.69 Å². The Kier molecular flexibility index (Phi) is 5.81. The zero-order valence-corrected chi connectivity index (χ0v) is 23.9. The van der Waals surface area contributed by atoms with Crippen molar-refractivity contribution in [2.24, 2.45) is 0 Å². The molecule has 1 nitrogen and oxygen atoms in total. The van der Waals surface area contributed by atoms with Gasteiger partial charge in [0.05, 0.1) is 12.6 Å². The summed E-state index contributed by atoms with van der Waals surface area (Å²) in [4.78, 5) is 0. The van der Waals surface area contributed by atoms with E-state index in [0.29, 0.717) is 4.48 Å². The first-order valence-electron chi connectivity index (χ1n) is 14.6. The Hall–Kier alpha value is -5.19. The molecule has 0 atom stereocenters. The third-order valence-corrected chi connectivity index (χ3v) is 9.17. The summed E-state index contributed by atoms with van der Waals surface area (Å²) in [5.41, 5.74) is 9.43. The van der Waals surface area contributed by atoms with Crippen molar-refractivity contribution in [3.8, 4) is 33.4 Å². The number of nitrogens with zero attached hydrogens (tertiary/aromatic N) is 1. The van der Waals surface area contributed by atoms with Gasteiger partial charge in [0.25, 0.3) is 0 Å². The van der Waals surface area contributed by atoms with E-state index in [4.69, 9.17) is 0 Å². The lowest BCUT2D eigenvalue weighted by atomic mass is 9.86. The molecule has 0 aromatic heterocycles. The van der Waals surface area contributed by atoms with Gasteiger partial charge in [0, 0.05) is 35.4 Å². The first-order chi connectivity index (χ1) is 21.4. The highest BCUT2D eigenvalue weighted by Crippen LogP contribution is 2.56. The average Bonchev–Trinajstić information content (AvgIpc) is 3.32. The zero-order chi connectivity index (χ0) is 30.1. The van der Waals surface area contributed by atoms with E-state index >= 15 is 0 Å². The summed E-state index contributed by atoms with van der Waals surface area (Å²) in [5, 5.41) is 4.13. The molecule has 212 valence electrons. The maximum absolute atomic E-state index is 13.4. The number of hydrogen-bond acceptors (Lipinski definition) is 0. The maximum atomic E-state index is 13.4. The molecule has 0 amide bonds. The molecule has 1 heterocycles. The Bertz CT molecular complexity index is 2110. The Balaban J connectivity index is 1.32. The molecule has 0 saturated carbocycles. The summed E-state index contributed by atoms with van der Waals surface area (Å²) in [6.45, 7) is 0. The van der Waals surface area contributed by atoms with E-state index in [1.54, 1.807) is 12.1 Å². The van der Waals surface area contributed by atoms with E-state index in [2.05, 4.69) is 104 Å².